The maximum atomic E-state index is 5.25. The topological polar surface area (TPSA) is 21.3 Å². The molecule has 1 rings (SSSR count). The number of methoxy groups -OCH3 is 1. The molecular weight excluding hydrogens is 222 g/mol. The molecule has 0 atom stereocenters. The van der Waals surface area contributed by atoms with Crippen molar-refractivity contribution in [2.75, 3.05) is 20.2 Å². The molecule has 1 aromatic carbocycles. The smallest absolute Gasteiger partial charge is 0.126 e. The molecule has 0 saturated carbocycles. The lowest BCUT2D eigenvalue weighted by Gasteiger charge is -2.03. The Balaban J connectivity index is 0.00000225. The van der Waals surface area contributed by atoms with Gasteiger partial charge in [-0.2, -0.15) is 0 Å². The number of hydrogen-bond donors (Lipinski definition) is 1. The molecule has 0 bridgehead atoms. The molecule has 0 saturated heterocycles. The van der Waals surface area contributed by atoms with Gasteiger partial charge in [0.05, 0.1) is 7.11 Å². The number of para-hydroxylation sites is 1. The molecular formula is C13H20ClNO. The summed E-state index contributed by atoms with van der Waals surface area (Å²) in [5.74, 6) is 0.921. The second kappa shape index (κ2) is 9.25. The van der Waals surface area contributed by atoms with Crippen molar-refractivity contribution in [1.82, 2.24) is 5.32 Å². The molecule has 0 heterocycles. The number of benzene rings is 1. The van der Waals surface area contributed by atoms with Gasteiger partial charge in [-0.1, -0.05) is 37.3 Å². The molecule has 0 aliphatic rings. The van der Waals surface area contributed by atoms with Crippen LogP contribution in [-0.4, -0.2) is 20.2 Å². The lowest BCUT2D eigenvalue weighted by atomic mass is 10.2. The van der Waals surface area contributed by atoms with E-state index in [0.717, 1.165) is 24.4 Å². The molecule has 0 unspecified atom stereocenters. The van der Waals surface area contributed by atoms with E-state index in [1.54, 1.807) is 7.11 Å². The SMILES string of the molecule is CCCNC/C=C/c1ccccc1OC.Cl. The predicted octanol–water partition coefficient (Wildman–Crippen LogP) is 3.13. The van der Waals surface area contributed by atoms with Gasteiger partial charge in [-0.05, 0) is 19.0 Å². The molecule has 0 aliphatic heterocycles. The minimum Gasteiger partial charge on any atom is -0.496 e. The van der Waals surface area contributed by atoms with E-state index < -0.39 is 0 Å². The summed E-state index contributed by atoms with van der Waals surface area (Å²) in [6.45, 7) is 4.14. The minimum atomic E-state index is 0. The monoisotopic (exact) mass is 241 g/mol. The first-order valence-electron chi connectivity index (χ1n) is 5.38. The third kappa shape index (κ3) is 5.19. The van der Waals surface area contributed by atoms with Crippen LogP contribution in [0.5, 0.6) is 5.75 Å². The summed E-state index contributed by atoms with van der Waals surface area (Å²) in [4.78, 5) is 0. The largest absolute Gasteiger partial charge is 0.496 e. The second-order valence-electron chi connectivity index (χ2n) is 3.35. The van der Waals surface area contributed by atoms with Crippen LogP contribution in [0.4, 0.5) is 0 Å². The predicted molar refractivity (Wildman–Crippen MR) is 72.4 cm³/mol. The van der Waals surface area contributed by atoms with Crippen molar-refractivity contribution in [1.29, 1.82) is 0 Å². The van der Waals surface area contributed by atoms with Crippen molar-refractivity contribution in [2.45, 2.75) is 13.3 Å². The lowest BCUT2D eigenvalue weighted by molar-refractivity contribution is 0.414. The summed E-state index contributed by atoms with van der Waals surface area (Å²) >= 11 is 0. The molecule has 1 N–H and O–H groups in total. The second-order valence-corrected chi connectivity index (χ2v) is 3.35. The Bertz CT molecular complexity index is 313. The number of nitrogens with one attached hydrogen (secondary N) is 1. The lowest BCUT2D eigenvalue weighted by Crippen LogP contribution is -2.13. The van der Waals surface area contributed by atoms with Crippen molar-refractivity contribution in [3.8, 4) is 5.75 Å². The van der Waals surface area contributed by atoms with E-state index in [0.29, 0.717) is 0 Å². The van der Waals surface area contributed by atoms with E-state index in [4.69, 9.17) is 4.74 Å². The number of halogens is 1. The fraction of sp³-hybridized carbons (Fsp3) is 0.385. The fourth-order valence-corrected chi connectivity index (χ4v) is 1.35. The standard InChI is InChI=1S/C13H19NO.ClH/c1-3-10-14-11-6-8-12-7-4-5-9-13(12)15-2;/h4-9,14H,3,10-11H2,1-2H3;1H/b8-6+;. The normalized spacial score (nSPS) is 10.1. The van der Waals surface area contributed by atoms with Crippen LogP contribution in [0.15, 0.2) is 30.3 Å². The van der Waals surface area contributed by atoms with Crippen LogP contribution in [0.3, 0.4) is 0 Å². The van der Waals surface area contributed by atoms with Gasteiger partial charge in [-0.25, -0.2) is 0 Å². The van der Waals surface area contributed by atoms with Crippen LogP contribution in [0.25, 0.3) is 6.08 Å². The Hall–Kier alpha value is -0.990. The Morgan fingerprint density at radius 3 is 2.75 bits per heavy atom. The van der Waals surface area contributed by atoms with Gasteiger partial charge in [0.15, 0.2) is 0 Å². The van der Waals surface area contributed by atoms with E-state index in [1.807, 2.05) is 18.2 Å². The van der Waals surface area contributed by atoms with Crippen LogP contribution >= 0.6 is 12.4 Å². The van der Waals surface area contributed by atoms with Crippen LogP contribution in [-0.2, 0) is 0 Å². The average Bonchev–Trinajstić information content (AvgIpc) is 2.29. The highest BCUT2D eigenvalue weighted by Crippen LogP contribution is 2.18. The highest BCUT2D eigenvalue weighted by atomic mass is 35.5. The maximum Gasteiger partial charge on any atom is 0.126 e. The van der Waals surface area contributed by atoms with Crippen LogP contribution in [0.1, 0.15) is 18.9 Å². The summed E-state index contributed by atoms with van der Waals surface area (Å²) in [7, 11) is 1.70. The van der Waals surface area contributed by atoms with Gasteiger partial charge in [0, 0.05) is 12.1 Å². The zero-order chi connectivity index (χ0) is 10.9. The van der Waals surface area contributed by atoms with Crippen LogP contribution in [0.2, 0.25) is 0 Å². The Morgan fingerprint density at radius 1 is 1.31 bits per heavy atom. The van der Waals surface area contributed by atoms with Gasteiger partial charge in [-0.3, -0.25) is 0 Å². The summed E-state index contributed by atoms with van der Waals surface area (Å²) in [5.41, 5.74) is 1.12. The molecule has 90 valence electrons. The molecule has 0 aromatic heterocycles. The first-order chi connectivity index (χ1) is 7.38. The third-order valence-corrected chi connectivity index (χ3v) is 2.13. The quantitative estimate of drug-likeness (QED) is 0.773. The minimum absolute atomic E-state index is 0. The number of hydrogen-bond acceptors (Lipinski definition) is 2. The van der Waals surface area contributed by atoms with Crippen LogP contribution < -0.4 is 10.1 Å². The highest BCUT2D eigenvalue weighted by molar-refractivity contribution is 5.85. The van der Waals surface area contributed by atoms with Gasteiger partial charge in [0.2, 0.25) is 0 Å². The van der Waals surface area contributed by atoms with Crippen molar-refractivity contribution < 1.29 is 4.74 Å². The number of rotatable bonds is 6. The van der Waals surface area contributed by atoms with Gasteiger partial charge >= 0.3 is 0 Å². The van der Waals surface area contributed by atoms with Gasteiger partial charge in [0.25, 0.3) is 0 Å². The molecule has 0 fully saturated rings. The summed E-state index contributed by atoms with van der Waals surface area (Å²) in [6.07, 6.45) is 5.37. The molecule has 0 amide bonds. The first kappa shape index (κ1) is 15.0. The Kier molecular flexibility index (Phi) is 8.68. The van der Waals surface area contributed by atoms with Gasteiger partial charge in [0.1, 0.15) is 5.75 Å². The zero-order valence-electron chi connectivity index (χ0n) is 9.90. The molecule has 0 radical (unpaired) electrons. The average molecular weight is 242 g/mol. The molecule has 0 spiro atoms. The summed E-state index contributed by atoms with van der Waals surface area (Å²) in [5, 5.41) is 3.32. The molecule has 1 aromatic rings. The highest BCUT2D eigenvalue weighted by Gasteiger charge is 1.95. The van der Waals surface area contributed by atoms with E-state index >= 15 is 0 Å². The van der Waals surface area contributed by atoms with E-state index in [1.165, 1.54) is 6.42 Å². The van der Waals surface area contributed by atoms with E-state index in [-0.39, 0.29) is 12.4 Å². The Labute approximate surface area is 104 Å². The summed E-state index contributed by atoms with van der Waals surface area (Å²) in [6, 6.07) is 8.02. The molecule has 3 heteroatoms. The number of ether oxygens (including phenoxy) is 1. The van der Waals surface area contributed by atoms with Crippen molar-refractivity contribution in [3.05, 3.63) is 35.9 Å². The van der Waals surface area contributed by atoms with Crippen molar-refractivity contribution >= 4 is 18.5 Å². The maximum absolute atomic E-state index is 5.25. The zero-order valence-corrected chi connectivity index (χ0v) is 10.7. The molecule has 2 nitrogen and oxygen atoms in total. The van der Waals surface area contributed by atoms with Crippen molar-refractivity contribution in [3.63, 3.8) is 0 Å². The summed E-state index contributed by atoms with van der Waals surface area (Å²) < 4.78 is 5.25. The molecule has 16 heavy (non-hydrogen) atoms. The Morgan fingerprint density at radius 2 is 2.06 bits per heavy atom. The first-order valence-corrected chi connectivity index (χ1v) is 5.38. The fourth-order valence-electron chi connectivity index (χ4n) is 1.35. The van der Waals surface area contributed by atoms with Crippen molar-refractivity contribution in [2.24, 2.45) is 0 Å². The van der Waals surface area contributed by atoms with Gasteiger partial charge < -0.3 is 10.1 Å². The van der Waals surface area contributed by atoms with E-state index in [9.17, 15) is 0 Å². The van der Waals surface area contributed by atoms with Gasteiger partial charge in [-0.15, -0.1) is 12.4 Å². The molecule has 0 aliphatic carbocycles. The third-order valence-electron chi connectivity index (χ3n) is 2.13. The van der Waals surface area contributed by atoms with Crippen LogP contribution in [0, 0.1) is 0 Å². The van der Waals surface area contributed by atoms with E-state index in [2.05, 4.69) is 30.5 Å².